The Hall–Kier alpha value is -3.48. The van der Waals surface area contributed by atoms with Crippen LogP contribution in [0.4, 0.5) is 10.5 Å². The van der Waals surface area contributed by atoms with Gasteiger partial charge in [-0.25, -0.2) is 4.79 Å². The van der Waals surface area contributed by atoms with E-state index in [4.69, 9.17) is 4.52 Å². The van der Waals surface area contributed by atoms with E-state index in [0.29, 0.717) is 22.7 Å². The Bertz CT molecular complexity index is 921. The van der Waals surface area contributed by atoms with Gasteiger partial charge in [-0.2, -0.15) is 0 Å². The van der Waals surface area contributed by atoms with Gasteiger partial charge in [0, 0.05) is 42.3 Å². The van der Waals surface area contributed by atoms with Crippen LogP contribution in [0, 0.1) is 0 Å². The Balaban J connectivity index is 1.64. The van der Waals surface area contributed by atoms with E-state index >= 15 is 0 Å². The van der Waals surface area contributed by atoms with Crippen LogP contribution in [-0.2, 0) is 6.54 Å². The summed E-state index contributed by atoms with van der Waals surface area (Å²) in [5.74, 6) is 0.498. The third-order valence-electron chi connectivity index (χ3n) is 3.78. The van der Waals surface area contributed by atoms with E-state index in [0.717, 1.165) is 5.56 Å². The van der Waals surface area contributed by atoms with Crippen molar-refractivity contribution in [1.29, 1.82) is 0 Å². The number of benzene rings is 1. The third kappa shape index (κ3) is 4.13. The summed E-state index contributed by atoms with van der Waals surface area (Å²) in [4.78, 5) is 29.3. The maximum absolute atomic E-state index is 12.3. The zero-order valence-corrected chi connectivity index (χ0v) is 14.5. The smallest absolute Gasteiger partial charge is 0.321 e. The molecule has 0 fully saturated rings. The van der Waals surface area contributed by atoms with E-state index in [1.807, 2.05) is 12.1 Å². The highest BCUT2D eigenvalue weighted by molar-refractivity contribution is 5.96. The van der Waals surface area contributed by atoms with E-state index in [-0.39, 0.29) is 18.4 Å². The van der Waals surface area contributed by atoms with Crippen molar-refractivity contribution in [3.63, 3.8) is 0 Å². The molecule has 26 heavy (non-hydrogen) atoms. The largest absolute Gasteiger partial charge is 0.359 e. The molecule has 7 heteroatoms. The molecule has 132 valence electrons. The van der Waals surface area contributed by atoms with Crippen molar-refractivity contribution in [3.05, 3.63) is 66.2 Å². The Morgan fingerprint density at radius 2 is 2.04 bits per heavy atom. The number of carbonyl (C=O) groups excluding carboxylic acids is 2. The summed E-state index contributed by atoms with van der Waals surface area (Å²) in [6.45, 7) is 1.74. The van der Waals surface area contributed by atoms with Crippen molar-refractivity contribution in [2.75, 3.05) is 12.4 Å². The number of amides is 2. The fourth-order valence-electron chi connectivity index (χ4n) is 2.38. The number of aromatic nitrogens is 2. The summed E-state index contributed by atoms with van der Waals surface area (Å²) in [6, 6.07) is 12.0. The molecule has 1 N–H and O–H groups in total. The van der Waals surface area contributed by atoms with E-state index in [2.05, 4.69) is 15.5 Å². The second kappa shape index (κ2) is 7.60. The first-order valence-electron chi connectivity index (χ1n) is 8.02. The summed E-state index contributed by atoms with van der Waals surface area (Å²) < 4.78 is 5.30. The standard InChI is InChI=1S/C19H18N4O3/c1-13(24)14-5-3-7-16(9-14)21-19(25)23(2)12-17-10-18(22-26-17)15-6-4-8-20-11-15/h3-11H,12H2,1-2H3,(H,21,25). The second-order valence-electron chi connectivity index (χ2n) is 5.84. The summed E-state index contributed by atoms with van der Waals surface area (Å²) in [7, 11) is 1.65. The molecular weight excluding hydrogens is 332 g/mol. The van der Waals surface area contributed by atoms with E-state index < -0.39 is 0 Å². The topological polar surface area (TPSA) is 88.3 Å². The van der Waals surface area contributed by atoms with Crippen LogP contribution in [0.2, 0.25) is 0 Å². The van der Waals surface area contributed by atoms with Gasteiger partial charge < -0.3 is 14.7 Å². The lowest BCUT2D eigenvalue weighted by molar-refractivity contribution is 0.101. The van der Waals surface area contributed by atoms with Gasteiger partial charge in [0.05, 0.1) is 6.54 Å². The average Bonchev–Trinajstić information content (AvgIpc) is 3.11. The van der Waals surface area contributed by atoms with E-state index in [9.17, 15) is 9.59 Å². The number of Topliss-reactive ketones (excluding diaryl/α,β-unsaturated/α-hetero) is 1. The molecule has 3 rings (SSSR count). The van der Waals surface area contributed by atoms with Gasteiger partial charge in [-0.3, -0.25) is 9.78 Å². The van der Waals surface area contributed by atoms with Crippen molar-refractivity contribution in [2.24, 2.45) is 0 Å². The van der Waals surface area contributed by atoms with Crippen LogP contribution in [0.25, 0.3) is 11.3 Å². The minimum atomic E-state index is -0.315. The number of hydrogen-bond acceptors (Lipinski definition) is 5. The fourth-order valence-corrected chi connectivity index (χ4v) is 2.38. The van der Waals surface area contributed by atoms with Crippen LogP contribution in [0.15, 0.2) is 59.4 Å². The summed E-state index contributed by atoms with van der Waals surface area (Å²) in [6.07, 6.45) is 3.38. The van der Waals surface area contributed by atoms with Crippen LogP contribution in [0.1, 0.15) is 23.0 Å². The maximum Gasteiger partial charge on any atom is 0.321 e. The van der Waals surface area contributed by atoms with E-state index in [1.165, 1.54) is 11.8 Å². The molecule has 1 aromatic carbocycles. The van der Waals surface area contributed by atoms with Gasteiger partial charge in [0.1, 0.15) is 5.69 Å². The molecular formula is C19H18N4O3. The molecule has 0 unspecified atom stereocenters. The van der Waals surface area contributed by atoms with Crippen molar-refractivity contribution >= 4 is 17.5 Å². The predicted molar refractivity (Wildman–Crippen MR) is 96.7 cm³/mol. The zero-order chi connectivity index (χ0) is 18.5. The van der Waals surface area contributed by atoms with Crippen LogP contribution >= 0.6 is 0 Å². The molecule has 0 saturated heterocycles. The Kier molecular flexibility index (Phi) is 5.07. The molecule has 2 aromatic heterocycles. The van der Waals surface area contributed by atoms with Crippen LogP contribution in [-0.4, -0.2) is 33.9 Å². The molecule has 0 aliphatic heterocycles. The number of rotatable bonds is 5. The average molecular weight is 350 g/mol. The first kappa shape index (κ1) is 17.3. The minimum absolute atomic E-state index is 0.0564. The van der Waals surface area contributed by atoms with Gasteiger partial charge in [0.15, 0.2) is 11.5 Å². The lowest BCUT2D eigenvalue weighted by Gasteiger charge is -2.16. The van der Waals surface area contributed by atoms with Gasteiger partial charge in [-0.05, 0) is 31.2 Å². The van der Waals surface area contributed by atoms with E-state index in [1.54, 1.807) is 49.8 Å². The highest BCUT2D eigenvalue weighted by Crippen LogP contribution is 2.19. The number of nitrogens with one attached hydrogen (secondary N) is 1. The van der Waals surface area contributed by atoms with Crippen molar-refractivity contribution < 1.29 is 14.1 Å². The van der Waals surface area contributed by atoms with Gasteiger partial charge in [-0.1, -0.05) is 17.3 Å². The molecule has 0 bridgehead atoms. The van der Waals surface area contributed by atoms with Crippen molar-refractivity contribution in [2.45, 2.75) is 13.5 Å². The molecule has 0 aliphatic carbocycles. The van der Waals surface area contributed by atoms with Crippen molar-refractivity contribution in [1.82, 2.24) is 15.0 Å². The minimum Gasteiger partial charge on any atom is -0.359 e. The molecule has 3 aromatic rings. The normalized spacial score (nSPS) is 10.4. The van der Waals surface area contributed by atoms with Gasteiger partial charge in [-0.15, -0.1) is 0 Å². The van der Waals surface area contributed by atoms with Gasteiger partial charge >= 0.3 is 6.03 Å². The summed E-state index contributed by atoms with van der Waals surface area (Å²) >= 11 is 0. The highest BCUT2D eigenvalue weighted by Gasteiger charge is 2.14. The Morgan fingerprint density at radius 3 is 2.77 bits per heavy atom. The molecule has 2 heterocycles. The second-order valence-corrected chi connectivity index (χ2v) is 5.84. The number of hydrogen-bond donors (Lipinski definition) is 1. The van der Waals surface area contributed by atoms with Gasteiger partial charge in [0.25, 0.3) is 0 Å². The Labute approximate surface area is 150 Å². The molecule has 0 radical (unpaired) electrons. The van der Waals surface area contributed by atoms with Crippen LogP contribution < -0.4 is 5.32 Å². The zero-order valence-electron chi connectivity index (χ0n) is 14.5. The lowest BCUT2D eigenvalue weighted by atomic mass is 10.1. The molecule has 2 amide bonds. The lowest BCUT2D eigenvalue weighted by Crippen LogP contribution is -2.30. The summed E-state index contributed by atoms with van der Waals surface area (Å²) in [5, 5.41) is 6.76. The first-order chi connectivity index (χ1) is 12.5. The maximum atomic E-state index is 12.3. The van der Waals surface area contributed by atoms with Crippen LogP contribution in [0.3, 0.4) is 0 Å². The Morgan fingerprint density at radius 1 is 1.19 bits per heavy atom. The van der Waals surface area contributed by atoms with Crippen LogP contribution in [0.5, 0.6) is 0 Å². The predicted octanol–water partition coefficient (Wildman–Crippen LogP) is 3.60. The number of urea groups is 1. The summed E-state index contributed by atoms with van der Waals surface area (Å²) in [5.41, 5.74) is 2.61. The molecule has 0 aliphatic rings. The highest BCUT2D eigenvalue weighted by atomic mass is 16.5. The fraction of sp³-hybridized carbons (Fsp3) is 0.158. The number of ketones is 1. The number of carbonyl (C=O) groups is 2. The number of pyridine rings is 1. The molecule has 0 atom stereocenters. The number of nitrogens with zero attached hydrogens (tertiary/aromatic N) is 3. The quantitative estimate of drug-likeness (QED) is 0.710. The number of anilines is 1. The molecule has 0 spiro atoms. The van der Waals surface area contributed by atoms with Gasteiger partial charge in [0.2, 0.25) is 0 Å². The molecule has 0 saturated carbocycles. The monoisotopic (exact) mass is 350 g/mol. The molecule has 7 nitrogen and oxygen atoms in total. The first-order valence-corrected chi connectivity index (χ1v) is 8.02. The third-order valence-corrected chi connectivity index (χ3v) is 3.78. The van der Waals surface area contributed by atoms with Crippen molar-refractivity contribution in [3.8, 4) is 11.3 Å². The SMILES string of the molecule is CC(=O)c1cccc(NC(=O)N(C)Cc2cc(-c3cccnc3)no2)c1.